The summed E-state index contributed by atoms with van der Waals surface area (Å²) in [7, 11) is -8.64. The number of aromatic nitrogens is 2. The maximum Gasteiger partial charge on any atom is 0.436 e. The van der Waals surface area contributed by atoms with E-state index in [0.29, 0.717) is 4.68 Å². The first-order valence-corrected chi connectivity index (χ1v) is 12.7. The summed E-state index contributed by atoms with van der Waals surface area (Å²) in [6.07, 6.45) is -0.429. The largest absolute Gasteiger partial charge is 0.448 e. The molecule has 1 N–H and O–H groups in total. The third-order valence-corrected chi connectivity index (χ3v) is 6.57. The number of anilines is 1. The first-order valence-electron chi connectivity index (χ1n) is 9.38. The summed E-state index contributed by atoms with van der Waals surface area (Å²) < 4.78 is 58.6. The van der Waals surface area contributed by atoms with Crippen LogP contribution in [0.5, 0.6) is 0 Å². The molecule has 0 radical (unpaired) electrons. The van der Waals surface area contributed by atoms with E-state index in [4.69, 9.17) is 4.74 Å². The third kappa shape index (κ3) is 4.46. The average Bonchev–Trinajstić information content (AvgIpc) is 3.00. The Bertz CT molecular complexity index is 1420. The predicted molar refractivity (Wildman–Crippen MR) is 119 cm³/mol. The van der Waals surface area contributed by atoms with Gasteiger partial charge in [0.2, 0.25) is 10.0 Å². The van der Waals surface area contributed by atoms with Crippen molar-refractivity contribution in [3.05, 3.63) is 70.5 Å². The standard InChI is InChI=1S/C20H21N3O7S2/c1-4-30-20(25)22-18(21-31(3,26)27)17(15-8-6-5-7-9-15)19(24)23(22)32(28,29)16-12-10-14(2)11-13-16/h5-13,21H,4H2,1-3H3. The van der Waals surface area contributed by atoms with Gasteiger partial charge in [0.05, 0.1) is 23.3 Å². The first kappa shape index (κ1) is 23.3. The first-order chi connectivity index (χ1) is 15.0. The topological polar surface area (TPSA) is 134 Å². The van der Waals surface area contributed by atoms with Crippen LogP contribution in [-0.4, -0.2) is 44.6 Å². The molecule has 170 valence electrons. The van der Waals surface area contributed by atoms with Crippen LogP contribution in [0.1, 0.15) is 12.5 Å². The Morgan fingerprint density at radius 3 is 2.12 bits per heavy atom. The van der Waals surface area contributed by atoms with E-state index in [-0.39, 0.29) is 26.7 Å². The Morgan fingerprint density at radius 1 is 1.00 bits per heavy atom. The summed E-state index contributed by atoms with van der Waals surface area (Å²) in [5, 5.41) is 0. The van der Waals surface area contributed by atoms with Crippen LogP contribution in [0, 0.1) is 6.92 Å². The fourth-order valence-electron chi connectivity index (χ4n) is 3.00. The Hall–Kier alpha value is -3.38. The highest BCUT2D eigenvalue weighted by Crippen LogP contribution is 2.28. The van der Waals surface area contributed by atoms with Gasteiger partial charge in [-0.25, -0.2) is 13.2 Å². The molecule has 0 amide bonds. The van der Waals surface area contributed by atoms with E-state index >= 15 is 0 Å². The second kappa shape index (κ2) is 8.63. The normalized spacial score (nSPS) is 11.8. The minimum atomic E-state index is -4.61. The molecule has 3 aromatic rings. The van der Waals surface area contributed by atoms with E-state index in [1.807, 2.05) is 0 Å². The molecule has 0 aliphatic heterocycles. The zero-order chi connectivity index (χ0) is 23.7. The molecule has 0 spiro atoms. The van der Waals surface area contributed by atoms with E-state index in [9.17, 15) is 26.4 Å². The van der Waals surface area contributed by atoms with E-state index in [2.05, 4.69) is 4.72 Å². The highest BCUT2D eigenvalue weighted by molar-refractivity contribution is 7.92. The Kier molecular flexibility index (Phi) is 6.28. The number of hydrogen-bond acceptors (Lipinski definition) is 7. The van der Waals surface area contributed by atoms with Gasteiger partial charge < -0.3 is 4.74 Å². The highest BCUT2D eigenvalue weighted by Gasteiger charge is 2.34. The molecule has 1 aromatic heterocycles. The van der Waals surface area contributed by atoms with Crippen LogP contribution < -0.4 is 10.3 Å². The molecule has 3 rings (SSSR count). The summed E-state index contributed by atoms with van der Waals surface area (Å²) in [5.41, 5.74) is -0.447. The van der Waals surface area contributed by atoms with Crippen LogP contribution in [0.4, 0.5) is 10.6 Å². The van der Waals surface area contributed by atoms with Gasteiger partial charge in [0.15, 0.2) is 5.82 Å². The van der Waals surface area contributed by atoms with Gasteiger partial charge in [-0.3, -0.25) is 9.52 Å². The summed E-state index contributed by atoms with van der Waals surface area (Å²) >= 11 is 0. The molecule has 10 nitrogen and oxygen atoms in total. The lowest BCUT2D eigenvalue weighted by atomic mass is 10.1. The second-order valence-corrected chi connectivity index (χ2v) is 10.4. The molecular formula is C20H21N3O7S2. The minimum Gasteiger partial charge on any atom is -0.448 e. The van der Waals surface area contributed by atoms with Gasteiger partial charge in [-0.15, -0.1) is 4.09 Å². The lowest BCUT2D eigenvalue weighted by Gasteiger charge is -2.14. The zero-order valence-corrected chi connectivity index (χ0v) is 19.1. The summed E-state index contributed by atoms with van der Waals surface area (Å²) in [6.45, 7) is 3.10. The molecule has 32 heavy (non-hydrogen) atoms. The van der Waals surface area contributed by atoms with Crippen LogP contribution in [0.3, 0.4) is 0 Å². The van der Waals surface area contributed by atoms with Crippen molar-refractivity contribution in [2.24, 2.45) is 0 Å². The van der Waals surface area contributed by atoms with Crippen LogP contribution in [0.25, 0.3) is 11.1 Å². The molecule has 0 unspecified atom stereocenters. The van der Waals surface area contributed by atoms with Crippen molar-refractivity contribution in [3.8, 4) is 11.1 Å². The molecule has 0 saturated heterocycles. The third-order valence-electron chi connectivity index (χ3n) is 4.35. The SMILES string of the molecule is CCOC(=O)n1c(NS(C)(=O)=O)c(-c2ccccc2)c(=O)n1S(=O)(=O)c1ccc(C)cc1. The minimum absolute atomic E-state index is 0.144. The van der Waals surface area contributed by atoms with E-state index in [1.165, 1.54) is 43.3 Å². The summed E-state index contributed by atoms with van der Waals surface area (Å²) in [4.78, 5) is 25.9. The molecule has 0 aliphatic carbocycles. The average molecular weight is 480 g/mol. The molecule has 0 atom stereocenters. The van der Waals surface area contributed by atoms with E-state index in [1.54, 1.807) is 25.1 Å². The van der Waals surface area contributed by atoms with Gasteiger partial charge in [0.25, 0.3) is 15.6 Å². The maximum absolute atomic E-state index is 13.4. The van der Waals surface area contributed by atoms with Crippen molar-refractivity contribution in [2.75, 3.05) is 17.6 Å². The van der Waals surface area contributed by atoms with Gasteiger partial charge in [-0.1, -0.05) is 48.0 Å². The number of aryl methyl sites for hydroxylation is 1. The fourth-order valence-corrected chi connectivity index (χ4v) is 4.89. The van der Waals surface area contributed by atoms with Gasteiger partial charge in [0.1, 0.15) is 0 Å². The van der Waals surface area contributed by atoms with Crippen LogP contribution >= 0.6 is 0 Å². The Balaban J connectivity index is 2.47. The van der Waals surface area contributed by atoms with Crippen molar-refractivity contribution < 1.29 is 26.4 Å². The molecule has 12 heteroatoms. The maximum atomic E-state index is 13.4. The van der Waals surface area contributed by atoms with Gasteiger partial charge in [-0.05, 0) is 31.5 Å². The van der Waals surface area contributed by atoms with Crippen molar-refractivity contribution in [1.82, 2.24) is 8.77 Å². The number of nitrogens with one attached hydrogen (secondary N) is 1. The lowest BCUT2D eigenvalue weighted by molar-refractivity contribution is 0.149. The zero-order valence-electron chi connectivity index (χ0n) is 17.5. The number of carbonyl (C=O) groups excluding carboxylic acids is 1. The van der Waals surface area contributed by atoms with Gasteiger partial charge in [0, 0.05) is 0 Å². The van der Waals surface area contributed by atoms with Crippen molar-refractivity contribution in [1.29, 1.82) is 0 Å². The van der Waals surface area contributed by atoms with E-state index < -0.39 is 37.5 Å². The number of sulfonamides is 1. The highest BCUT2D eigenvalue weighted by atomic mass is 32.2. The second-order valence-electron chi connectivity index (χ2n) is 6.84. The van der Waals surface area contributed by atoms with Gasteiger partial charge in [-0.2, -0.15) is 13.1 Å². The summed E-state index contributed by atoms with van der Waals surface area (Å²) in [5.74, 6) is -0.544. The quantitative estimate of drug-likeness (QED) is 0.573. The molecule has 0 saturated carbocycles. The predicted octanol–water partition coefficient (Wildman–Crippen LogP) is 2.24. The van der Waals surface area contributed by atoms with Gasteiger partial charge >= 0.3 is 6.09 Å². The van der Waals surface area contributed by atoms with Crippen LogP contribution in [0.2, 0.25) is 0 Å². The van der Waals surface area contributed by atoms with Crippen molar-refractivity contribution >= 4 is 32.0 Å². The Labute approximate surface area is 185 Å². The van der Waals surface area contributed by atoms with Crippen LogP contribution in [0.15, 0.2) is 64.3 Å². The van der Waals surface area contributed by atoms with Crippen molar-refractivity contribution in [3.63, 3.8) is 0 Å². The smallest absolute Gasteiger partial charge is 0.436 e. The Morgan fingerprint density at radius 2 is 1.59 bits per heavy atom. The number of ether oxygens (including phenoxy) is 1. The summed E-state index contributed by atoms with van der Waals surface area (Å²) in [6, 6.07) is 13.4. The lowest BCUT2D eigenvalue weighted by Crippen LogP contribution is -2.35. The monoisotopic (exact) mass is 479 g/mol. The molecular weight excluding hydrogens is 458 g/mol. The molecule has 0 aliphatic rings. The number of nitrogens with zero attached hydrogens (tertiary/aromatic N) is 2. The van der Waals surface area contributed by atoms with Crippen molar-refractivity contribution in [2.45, 2.75) is 18.7 Å². The fraction of sp³-hybridized carbons (Fsp3) is 0.200. The van der Waals surface area contributed by atoms with Crippen LogP contribution in [-0.2, 0) is 24.8 Å². The molecule has 1 heterocycles. The van der Waals surface area contributed by atoms with E-state index in [0.717, 1.165) is 11.8 Å². The number of carbonyl (C=O) groups is 1. The number of rotatable bonds is 6. The number of hydrogen-bond donors (Lipinski definition) is 1. The molecule has 0 fully saturated rings. The molecule has 0 bridgehead atoms. The molecule has 2 aromatic carbocycles. The number of benzene rings is 2.